The molecular weight excluding hydrogens is 288 g/mol. The number of nitrogens with zero attached hydrogens (tertiary/aromatic N) is 4. The zero-order valence-corrected chi connectivity index (χ0v) is 13.9. The van der Waals surface area contributed by atoms with Crippen LogP contribution in [0.3, 0.4) is 0 Å². The third-order valence-corrected chi connectivity index (χ3v) is 4.58. The van der Waals surface area contributed by atoms with Gasteiger partial charge in [-0.3, -0.25) is 4.79 Å². The number of carbonyl (C=O) groups is 1. The van der Waals surface area contributed by atoms with Crippen molar-refractivity contribution in [1.29, 1.82) is 0 Å². The van der Waals surface area contributed by atoms with Gasteiger partial charge in [0.15, 0.2) is 0 Å². The summed E-state index contributed by atoms with van der Waals surface area (Å²) in [4.78, 5) is 17.1. The Morgan fingerprint density at radius 3 is 2.83 bits per heavy atom. The number of likely N-dealkylation sites (tertiary alicyclic amines) is 1. The van der Waals surface area contributed by atoms with Crippen LogP contribution in [-0.2, 0) is 0 Å². The number of benzene rings is 1. The Labute approximate surface area is 137 Å². The van der Waals surface area contributed by atoms with Gasteiger partial charge in [-0.25, -0.2) is 4.68 Å². The molecule has 0 bridgehead atoms. The number of carbonyl (C=O) groups excluding carboxylic acids is 1. The van der Waals surface area contributed by atoms with Crippen LogP contribution in [0.25, 0.3) is 5.69 Å². The highest BCUT2D eigenvalue weighted by molar-refractivity contribution is 5.94. The first-order valence-corrected chi connectivity index (χ1v) is 8.21. The number of hydrogen-bond acceptors (Lipinski definition) is 3. The van der Waals surface area contributed by atoms with E-state index in [1.807, 2.05) is 41.4 Å². The molecule has 1 aromatic carbocycles. The van der Waals surface area contributed by atoms with E-state index in [1.54, 1.807) is 10.9 Å². The average Bonchev–Trinajstić information content (AvgIpc) is 2.98. The normalized spacial score (nSPS) is 18.9. The van der Waals surface area contributed by atoms with Gasteiger partial charge in [-0.1, -0.05) is 6.07 Å². The summed E-state index contributed by atoms with van der Waals surface area (Å²) in [5.41, 5.74) is 1.66. The minimum Gasteiger partial charge on any atom is -0.339 e. The first-order valence-electron chi connectivity index (χ1n) is 8.21. The largest absolute Gasteiger partial charge is 0.339 e. The van der Waals surface area contributed by atoms with Gasteiger partial charge in [0.2, 0.25) is 0 Å². The monoisotopic (exact) mass is 312 g/mol. The topological polar surface area (TPSA) is 41.4 Å². The van der Waals surface area contributed by atoms with Crippen LogP contribution in [-0.4, -0.2) is 58.7 Å². The molecule has 0 unspecified atom stereocenters. The van der Waals surface area contributed by atoms with E-state index >= 15 is 0 Å². The number of hydrogen-bond donors (Lipinski definition) is 0. The van der Waals surface area contributed by atoms with Gasteiger partial charge in [0.1, 0.15) is 0 Å². The summed E-state index contributed by atoms with van der Waals surface area (Å²) in [6, 6.07) is 10.2. The lowest BCUT2D eigenvalue weighted by Crippen LogP contribution is -2.33. The summed E-state index contributed by atoms with van der Waals surface area (Å²) in [6.07, 6.45) is 6.89. The smallest absolute Gasteiger partial charge is 0.253 e. The van der Waals surface area contributed by atoms with Crippen molar-refractivity contribution < 1.29 is 4.79 Å². The van der Waals surface area contributed by atoms with Crippen LogP contribution in [0.2, 0.25) is 0 Å². The summed E-state index contributed by atoms with van der Waals surface area (Å²) in [7, 11) is 4.24. The highest BCUT2D eigenvalue weighted by Crippen LogP contribution is 2.18. The van der Waals surface area contributed by atoms with Crippen molar-refractivity contribution in [3.05, 3.63) is 48.3 Å². The van der Waals surface area contributed by atoms with Crippen molar-refractivity contribution in [2.75, 3.05) is 27.2 Å². The second kappa shape index (κ2) is 6.96. The summed E-state index contributed by atoms with van der Waals surface area (Å²) in [6.45, 7) is 1.67. The van der Waals surface area contributed by atoms with Crippen molar-refractivity contribution in [2.24, 2.45) is 0 Å². The van der Waals surface area contributed by atoms with Crippen LogP contribution in [0.5, 0.6) is 0 Å². The minimum atomic E-state index is 0.124. The molecule has 23 heavy (non-hydrogen) atoms. The molecular formula is C18H24N4O. The zero-order valence-electron chi connectivity index (χ0n) is 13.9. The molecule has 0 spiro atoms. The van der Waals surface area contributed by atoms with Gasteiger partial charge in [-0.2, -0.15) is 5.10 Å². The molecule has 1 amide bonds. The van der Waals surface area contributed by atoms with E-state index in [4.69, 9.17) is 0 Å². The molecule has 0 saturated carbocycles. The van der Waals surface area contributed by atoms with Gasteiger partial charge < -0.3 is 9.80 Å². The molecule has 0 N–H and O–H groups in total. The van der Waals surface area contributed by atoms with Crippen LogP contribution in [0.4, 0.5) is 0 Å². The summed E-state index contributed by atoms with van der Waals surface area (Å²) >= 11 is 0. The molecule has 1 aliphatic rings. The molecule has 1 saturated heterocycles. The first kappa shape index (κ1) is 15.7. The maximum absolute atomic E-state index is 12.8. The van der Waals surface area contributed by atoms with E-state index < -0.39 is 0 Å². The molecule has 1 fully saturated rings. The maximum atomic E-state index is 12.8. The Balaban J connectivity index is 1.74. The summed E-state index contributed by atoms with van der Waals surface area (Å²) < 4.78 is 1.78. The maximum Gasteiger partial charge on any atom is 0.253 e. The van der Waals surface area contributed by atoms with Gasteiger partial charge >= 0.3 is 0 Å². The van der Waals surface area contributed by atoms with E-state index in [1.165, 1.54) is 0 Å². The summed E-state index contributed by atoms with van der Waals surface area (Å²) in [5.74, 6) is 0.124. The van der Waals surface area contributed by atoms with Gasteiger partial charge in [-0.15, -0.1) is 0 Å². The summed E-state index contributed by atoms with van der Waals surface area (Å²) in [5, 5.41) is 4.23. The van der Waals surface area contributed by atoms with Crippen LogP contribution < -0.4 is 0 Å². The Morgan fingerprint density at radius 1 is 1.22 bits per heavy atom. The number of rotatable bonds is 3. The predicted octanol–water partition coefficient (Wildman–Crippen LogP) is 2.43. The number of aromatic nitrogens is 2. The highest BCUT2D eigenvalue weighted by Gasteiger charge is 2.22. The molecule has 2 aromatic rings. The third kappa shape index (κ3) is 3.62. The SMILES string of the molecule is CN(C)[C@@H]1CCCN(C(=O)c2cccc(-n3cccn3)c2)CC1. The highest BCUT2D eigenvalue weighted by atomic mass is 16.2. The first-order chi connectivity index (χ1) is 11.1. The van der Waals surface area contributed by atoms with Crippen molar-refractivity contribution >= 4 is 5.91 Å². The van der Waals surface area contributed by atoms with Crippen molar-refractivity contribution in [1.82, 2.24) is 19.6 Å². The Hall–Kier alpha value is -2.14. The van der Waals surface area contributed by atoms with Crippen molar-refractivity contribution in [2.45, 2.75) is 25.3 Å². The molecule has 5 nitrogen and oxygen atoms in total. The van der Waals surface area contributed by atoms with Gasteiger partial charge in [0, 0.05) is 37.1 Å². The van der Waals surface area contributed by atoms with E-state index in [9.17, 15) is 4.79 Å². The Kier molecular flexibility index (Phi) is 4.76. The molecule has 1 aromatic heterocycles. The van der Waals surface area contributed by atoms with Gasteiger partial charge in [0.05, 0.1) is 5.69 Å². The van der Waals surface area contributed by atoms with E-state index in [-0.39, 0.29) is 5.91 Å². The predicted molar refractivity (Wildman–Crippen MR) is 90.8 cm³/mol. The Bertz CT molecular complexity index is 651. The molecule has 1 aliphatic heterocycles. The molecule has 0 aliphatic carbocycles. The molecule has 122 valence electrons. The fraction of sp³-hybridized carbons (Fsp3) is 0.444. The van der Waals surface area contributed by atoms with Crippen molar-refractivity contribution in [3.63, 3.8) is 0 Å². The lowest BCUT2D eigenvalue weighted by atomic mass is 10.1. The molecule has 1 atom stereocenters. The second-order valence-electron chi connectivity index (χ2n) is 6.34. The fourth-order valence-corrected chi connectivity index (χ4v) is 3.18. The molecule has 3 rings (SSSR count). The van der Waals surface area contributed by atoms with E-state index in [0.717, 1.165) is 43.6 Å². The van der Waals surface area contributed by atoms with Gasteiger partial charge in [0.25, 0.3) is 5.91 Å². The molecule has 2 heterocycles. The molecule has 5 heteroatoms. The zero-order chi connectivity index (χ0) is 16.2. The van der Waals surface area contributed by atoms with Gasteiger partial charge in [-0.05, 0) is 57.6 Å². The average molecular weight is 312 g/mol. The Morgan fingerprint density at radius 2 is 2.09 bits per heavy atom. The lowest BCUT2D eigenvalue weighted by molar-refractivity contribution is 0.0758. The van der Waals surface area contributed by atoms with Crippen LogP contribution in [0.1, 0.15) is 29.6 Å². The van der Waals surface area contributed by atoms with Crippen LogP contribution in [0.15, 0.2) is 42.7 Å². The number of amides is 1. The molecule has 0 radical (unpaired) electrons. The fourth-order valence-electron chi connectivity index (χ4n) is 3.18. The minimum absolute atomic E-state index is 0.124. The van der Waals surface area contributed by atoms with E-state index in [2.05, 4.69) is 24.1 Å². The van der Waals surface area contributed by atoms with Crippen LogP contribution >= 0.6 is 0 Å². The third-order valence-electron chi connectivity index (χ3n) is 4.58. The second-order valence-corrected chi connectivity index (χ2v) is 6.34. The lowest BCUT2D eigenvalue weighted by Gasteiger charge is -2.23. The standard InChI is InChI=1S/C18H24N4O/c1-20(2)16-8-4-11-21(13-9-16)18(23)15-6-3-7-17(14-15)22-12-5-10-19-22/h3,5-7,10,12,14,16H,4,8-9,11,13H2,1-2H3/t16-/m1/s1. The van der Waals surface area contributed by atoms with E-state index in [0.29, 0.717) is 6.04 Å². The quantitative estimate of drug-likeness (QED) is 0.874. The van der Waals surface area contributed by atoms with Crippen LogP contribution in [0, 0.1) is 0 Å². The van der Waals surface area contributed by atoms with Crippen molar-refractivity contribution in [3.8, 4) is 5.69 Å².